The van der Waals surface area contributed by atoms with Crippen LogP contribution in [0.3, 0.4) is 0 Å². The number of thiophene rings is 1. The smallest absolute Gasteiger partial charge is 0.408 e. The Morgan fingerprint density at radius 2 is 1.56 bits per heavy atom. The van der Waals surface area contributed by atoms with E-state index in [9.17, 15) is 14.4 Å². The zero-order chi connectivity index (χ0) is 35.5. The minimum Gasteiger partial charge on any atom is -0.494 e. The van der Waals surface area contributed by atoms with Crippen molar-refractivity contribution in [3.05, 3.63) is 83.9 Å². The van der Waals surface area contributed by atoms with Crippen LogP contribution in [0.1, 0.15) is 57.6 Å². The number of alkyl carbamates (subject to hydrolysis) is 1. The molecule has 0 unspecified atom stereocenters. The number of ether oxygens (including phenoxy) is 3. The van der Waals surface area contributed by atoms with Crippen molar-refractivity contribution < 1.29 is 28.6 Å². The molecule has 3 aromatic carbocycles. The summed E-state index contributed by atoms with van der Waals surface area (Å²) in [6.07, 6.45) is 2.78. The molecule has 1 saturated heterocycles. The molecule has 0 bridgehead atoms. The fourth-order valence-corrected chi connectivity index (χ4v) is 7.10. The summed E-state index contributed by atoms with van der Waals surface area (Å²) in [5.74, 6) is 0.402. The number of hydrogen-bond acceptors (Lipinski definition) is 8. The Morgan fingerprint density at radius 3 is 2.24 bits per heavy atom. The number of likely N-dealkylation sites (tertiary alicyclic amines) is 1. The second kappa shape index (κ2) is 17.4. The van der Waals surface area contributed by atoms with Crippen LogP contribution < -0.4 is 25.8 Å². The number of nitrogens with one attached hydrogen (secondary N) is 2. The van der Waals surface area contributed by atoms with Crippen molar-refractivity contribution in [1.29, 1.82) is 0 Å². The summed E-state index contributed by atoms with van der Waals surface area (Å²) in [7, 11) is 0. The van der Waals surface area contributed by atoms with Gasteiger partial charge < -0.3 is 30.6 Å². The van der Waals surface area contributed by atoms with Crippen LogP contribution in [0.25, 0.3) is 20.5 Å². The van der Waals surface area contributed by atoms with E-state index in [-0.39, 0.29) is 6.42 Å². The van der Waals surface area contributed by atoms with Crippen molar-refractivity contribution in [2.75, 3.05) is 39.4 Å². The number of benzene rings is 3. The van der Waals surface area contributed by atoms with E-state index in [1.54, 1.807) is 32.1 Å². The summed E-state index contributed by atoms with van der Waals surface area (Å²) in [6.45, 7) is 9.82. The molecule has 0 saturated carbocycles. The van der Waals surface area contributed by atoms with Crippen molar-refractivity contribution in [3.63, 3.8) is 0 Å². The quantitative estimate of drug-likeness (QED) is 0.117. The van der Waals surface area contributed by atoms with Gasteiger partial charge >= 0.3 is 6.09 Å². The van der Waals surface area contributed by atoms with Crippen LogP contribution in [-0.2, 0) is 20.7 Å². The van der Waals surface area contributed by atoms with Gasteiger partial charge in [-0.3, -0.25) is 14.5 Å². The fourth-order valence-electron chi connectivity index (χ4n) is 5.87. The molecule has 266 valence electrons. The number of carbonyl (C=O) groups is 3. The molecule has 1 fully saturated rings. The highest BCUT2D eigenvalue weighted by atomic mass is 32.1. The normalized spacial score (nSPS) is 13.9. The van der Waals surface area contributed by atoms with E-state index in [1.165, 1.54) is 52.0 Å². The highest BCUT2D eigenvalue weighted by Gasteiger charge is 2.25. The van der Waals surface area contributed by atoms with Gasteiger partial charge in [0.2, 0.25) is 11.8 Å². The predicted molar refractivity (Wildman–Crippen MR) is 198 cm³/mol. The van der Waals surface area contributed by atoms with Crippen LogP contribution in [0.4, 0.5) is 4.79 Å². The summed E-state index contributed by atoms with van der Waals surface area (Å²) in [4.78, 5) is 39.9. The molecule has 10 nitrogen and oxygen atoms in total. The van der Waals surface area contributed by atoms with Gasteiger partial charge in [0.25, 0.3) is 0 Å². The van der Waals surface area contributed by atoms with E-state index in [0.29, 0.717) is 26.2 Å². The number of fused-ring (bicyclic) bond motifs is 1. The average molecular weight is 701 g/mol. The number of primary amides is 1. The molecule has 0 radical (unpaired) electrons. The Morgan fingerprint density at radius 1 is 0.900 bits per heavy atom. The predicted octanol–water partition coefficient (Wildman–Crippen LogP) is 6.29. The first-order valence-corrected chi connectivity index (χ1v) is 18.1. The van der Waals surface area contributed by atoms with E-state index in [4.69, 9.17) is 19.9 Å². The van der Waals surface area contributed by atoms with Gasteiger partial charge in [0.05, 0.1) is 13.0 Å². The number of hydrogen-bond donors (Lipinski definition) is 3. The highest BCUT2D eigenvalue weighted by molar-refractivity contribution is 7.22. The molecule has 4 aromatic rings. The summed E-state index contributed by atoms with van der Waals surface area (Å²) in [5.41, 5.74) is 8.19. The van der Waals surface area contributed by atoms with Crippen molar-refractivity contribution in [1.82, 2.24) is 15.5 Å². The number of nitrogens with zero attached hydrogens (tertiary/aromatic N) is 1. The molecule has 3 amide bonds. The third kappa shape index (κ3) is 10.9. The lowest BCUT2D eigenvalue weighted by Gasteiger charge is -2.22. The maximum Gasteiger partial charge on any atom is 0.408 e. The Balaban J connectivity index is 1.13. The lowest BCUT2D eigenvalue weighted by atomic mass is 9.99. The molecule has 1 atom stereocenters. The topological polar surface area (TPSA) is 132 Å². The van der Waals surface area contributed by atoms with E-state index in [1.807, 2.05) is 12.1 Å². The molecule has 1 aromatic heterocycles. The van der Waals surface area contributed by atoms with Crippen molar-refractivity contribution >= 4 is 39.3 Å². The first-order valence-electron chi connectivity index (χ1n) is 17.3. The monoisotopic (exact) mass is 700 g/mol. The standard InChI is InChI=1S/C39H48N4O6S/c1-39(2,3)49-38(46)42-33(26-35(40)44)37(45)41-19-8-23-47-30-17-13-28(14-18-30)36-32(31-9-4-5-10-34(31)50-36)25-27-11-15-29(16-12-27)48-24-22-43-20-6-7-21-43/h4-5,9-18,33H,6-8,19-26H2,1-3H3,(H2,40,44)(H,41,45)(H,42,46)/t33-/m0/s1. The number of amides is 3. The van der Waals surface area contributed by atoms with Gasteiger partial charge in [-0.2, -0.15) is 0 Å². The van der Waals surface area contributed by atoms with Crippen molar-refractivity contribution in [2.24, 2.45) is 5.73 Å². The Hall–Kier alpha value is -4.61. The minimum absolute atomic E-state index is 0.291. The van der Waals surface area contributed by atoms with Gasteiger partial charge in [0, 0.05) is 22.7 Å². The molecular weight excluding hydrogens is 653 g/mol. The summed E-state index contributed by atoms with van der Waals surface area (Å²) >= 11 is 1.79. The Kier molecular flexibility index (Phi) is 12.7. The fraction of sp³-hybridized carbons (Fsp3) is 0.410. The van der Waals surface area contributed by atoms with Crippen LogP contribution >= 0.6 is 11.3 Å². The van der Waals surface area contributed by atoms with Crippen LogP contribution in [0.2, 0.25) is 0 Å². The van der Waals surface area contributed by atoms with Gasteiger partial charge in [-0.1, -0.05) is 30.3 Å². The second-order valence-corrected chi connectivity index (χ2v) is 14.6. The van der Waals surface area contributed by atoms with Gasteiger partial charge in [-0.05, 0) is 124 Å². The minimum atomic E-state index is -1.13. The Bertz CT molecular complexity index is 1730. The first kappa shape index (κ1) is 36.7. The van der Waals surface area contributed by atoms with Crippen LogP contribution in [-0.4, -0.2) is 73.8 Å². The molecule has 1 aliphatic heterocycles. The van der Waals surface area contributed by atoms with E-state index in [0.717, 1.165) is 30.0 Å². The largest absolute Gasteiger partial charge is 0.494 e. The van der Waals surface area contributed by atoms with Crippen LogP contribution in [0, 0.1) is 0 Å². The molecule has 11 heteroatoms. The lowest BCUT2D eigenvalue weighted by molar-refractivity contribution is -0.127. The maximum atomic E-state index is 12.7. The molecule has 50 heavy (non-hydrogen) atoms. The second-order valence-electron chi connectivity index (χ2n) is 13.5. The van der Waals surface area contributed by atoms with Gasteiger partial charge in [-0.15, -0.1) is 11.3 Å². The Labute approximate surface area is 298 Å². The molecule has 0 spiro atoms. The maximum absolute atomic E-state index is 12.7. The molecule has 1 aliphatic rings. The molecule has 5 rings (SSSR count). The first-order chi connectivity index (χ1) is 24.0. The van der Waals surface area contributed by atoms with Gasteiger partial charge in [-0.25, -0.2) is 4.79 Å². The lowest BCUT2D eigenvalue weighted by Crippen LogP contribution is -2.50. The van der Waals surface area contributed by atoms with E-state index >= 15 is 0 Å². The SMILES string of the molecule is CC(C)(C)OC(=O)N[C@@H](CC(N)=O)C(=O)NCCCOc1ccc(-c2sc3ccccc3c2Cc2ccc(OCCN3CCCC3)cc2)cc1. The van der Waals surface area contributed by atoms with Crippen molar-refractivity contribution in [3.8, 4) is 21.9 Å². The molecule has 2 heterocycles. The van der Waals surface area contributed by atoms with Crippen molar-refractivity contribution in [2.45, 2.75) is 64.5 Å². The zero-order valence-electron chi connectivity index (χ0n) is 29.2. The van der Waals surface area contributed by atoms with E-state index in [2.05, 4.69) is 76.2 Å². The average Bonchev–Trinajstić information content (AvgIpc) is 3.72. The summed E-state index contributed by atoms with van der Waals surface area (Å²) in [5, 5.41) is 6.42. The molecular formula is C39H48N4O6S. The zero-order valence-corrected chi connectivity index (χ0v) is 30.0. The third-order valence-corrected chi connectivity index (χ3v) is 9.56. The van der Waals surface area contributed by atoms with Crippen LogP contribution in [0.5, 0.6) is 11.5 Å². The third-order valence-electron chi connectivity index (χ3n) is 8.30. The molecule has 0 aliphatic carbocycles. The summed E-state index contributed by atoms with van der Waals surface area (Å²) < 4.78 is 18.4. The van der Waals surface area contributed by atoms with Gasteiger partial charge in [0.15, 0.2) is 0 Å². The number of carbonyl (C=O) groups excluding carboxylic acids is 3. The number of nitrogens with two attached hydrogens (primary N) is 1. The highest BCUT2D eigenvalue weighted by Crippen LogP contribution is 2.40. The summed E-state index contributed by atoms with van der Waals surface area (Å²) in [6, 6.07) is 24.0. The molecule has 4 N–H and O–H groups in total. The van der Waals surface area contributed by atoms with Crippen LogP contribution in [0.15, 0.2) is 72.8 Å². The van der Waals surface area contributed by atoms with Gasteiger partial charge in [0.1, 0.15) is 29.7 Å². The number of rotatable bonds is 16. The van der Waals surface area contributed by atoms with E-state index < -0.39 is 29.6 Å².